The van der Waals surface area contributed by atoms with Gasteiger partial charge in [0.1, 0.15) is 17.2 Å². The van der Waals surface area contributed by atoms with Crippen LogP contribution in [0.15, 0.2) is 41.1 Å². The number of para-hydroxylation sites is 1. The highest BCUT2D eigenvalue weighted by atomic mass is 19.3. The van der Waals surface area contributed by atoms with Gasteiger partial charge in [0.2, 0.25) is 0 Å². The number of carboxylic acid groups (broad SMARTS) is 1. The highest BCUT2D eigenvalue weighted by Crippen LogP contribution is 2.46. The van der Waals surface area contributed by atoms with Gasteiger partial charge in [-0.15, -0.1) is 0 Å². The zero-order valence-electron chi connectivity index (χ0n) is 21.1. The van der Waals surface area contributed by atoms with Crippen molar-refractivity contribution in [3.63, 3.8) is 0 Å². The van der Waals surface area contributed by atoms with Gasteiger partial charge < -0.3 is 24.0 Å². The number of benzene rings is 1. The predicted molar refractivity (Wildman–Crippen MR) is 133 cm³/mol. The van der Waals surface area contributed by atoms with Crippen molar-refractivity contribution in [1.29, 1.82) is 0 Å². The maximum absolute atomic E-state index is 14.6. The molecule has 1 N–H and O–H groups in total. The van der Waals surface area contributed by atoms with Crippen molar-refractivity contribution in [1.82, 2.24) is 10.1 Å². The Labute approximate surface area is 222 Å². The van der Waals surface area contributed by atoms with E-state index in [1.54, 1.807) is 18.2 Å². The Hall–Kier alpha value is -3.60. The second-order valence-corrected chi connectivity index (χ2v) is 10.5. The number of carbonyl (C=O) groups is 1. The molecule has 206 valence electrons. The number of hydrogen-bond donors (Lipinski definition) is 1. The average Bonchev–Trinajstić information content (AvgIpc) is 3.53. The fourth-order valence-corrected chi connectivity index (χ4v) is 5.89. The molecule has 6 rings (SSSR count). The second kappa shape index (κ2) is 10.5. The molecule has 39 heavy (non-hydrogen) atoms. The Morgan fingerprint density at radius 1 is 1.15 bits per heavy atom. The molecule has 3 unspecified atom stereocenters. The van der Waals surface area contributed by atoms with Crippen LogP contribution in [0.2, 0.25) is 0 Å². The molecule has 3 aliphatic rings. The van der Waals surface area contributed by atoms with Crippen LogP contribution >= 0.6 is 0 Å². The Kier molecular flexibility index (Phi) is 6.92. The van der Waals surface area contributed by atoms with Crippen molar-refractivity contribution < 1.29 is 37.1 Å². The van der Waals surface area contributed by atoms with Crippen molar-refractivity contribution >= 4 is 11.8 Å². The first-order chi connectivity index (χ1) is 18.9. The number of pyridine rings is 1. The summed E-state index contributed by atoms with van der Waals surface area (Å²) < 4.78 is 57.5. The number of carboxylic acids is 1. The number of nitrogens with zero attached hydrogens (tertiary/aromatic N) is 3. The minimum absolute atomic E-state index is 0.0271. The Morgan fingerprint density at radius 2 is 1.95 bits per heavy atom. The number of rotatable bonds is 9. The number of hydrogen-bond acceptors (Lipinski definition) is 7. The van der Waals surface area contributed by atoms with Gasteiger partial charge in [0, 0.05) is 36.3 Å². The molecule has 0 spiro atoms. The molecule has 2 aromatic heterocycles. The van der Waals surface area contributed by atoms with E-state index in [-0.39, 0.29) is 41.7 Å². The monoisotopic (exact) mass is 543 g/mol. The van der Waals surface area contributed by atoms with Crippen LogP contribution in [0.3, 0.4) is 0 Å². The van der Waals surface area contributed by atoms with Gasteiger partial charge in [-0.05, 0) is 62.1 Å². The van der Waals surface area contributed by atoms with Gasteiger partial charge in [-0.25, -0.2) is 14.2 Å². The maximum atomic E-state index is 14.6. The van der Waals surface area contributed by atoms with Crippen LogP contribution in [0.4, 0.5) is 19.0 Å². The number of aromatic nitrogens is 2. The SMILES string of the molecule is O=C(O)c1cnc(N2CC3CCC(OCc4c(-c5ccccc5OC(F)F)noc4C4CC4)CC3C2)c(F)c1. The minimum Gasteiger partial charge on any atom is -0.478 e. The van der Waals surface area contributed by atoms with Crippen molar-refractivity contribution in [2.24, 2.45) is 11.8 Å². The molecule has 1 aliphatic heterocycles. The second-order valence-electron chi connectivity index (χ2n) is 10.5. The highest BCUT2D eigenvalue weighted by Gasteiger charge is 2.40. The van der Waals surface area contributed by atoms with Crippen LogP contribution in [-0.4, -0.2) is 47.0 Å². The third-order valence-corrected chi connectivity index (χ3v) is 7.96. The zero-order valence-corrected chi connectivity index (χ0v) is 21.1. The number of halogens is 3. The van der Waals surface area contributed by atoms with Crippen molar-refractivity contribution in [2.75, 3.05) is 18.0 Å². The van der Waals surface area contributed by atoms with Gasteiger partial charge in [0.05, 0.1) is 18.3 Å². The van der Waals surface area contributed by atoms with E-state index in [2.05, 4.69) is 10.1 Å². The minimum atomic E-state index is -2.96. The largest absolute Gasteiger partial charge is 0.478 e. The molecule has 0 radical (unpaired) electrons. The summed E-state index contributed by atoms with van der Waals surface area (Å²) in [7, 11) is 0. The lowest BCUT2D eigenvalue weighted by atomic mass is 9.80. The lowest BCUT2D eigenvalue weighted by molar-refractivity contribution is -0.0494. The van der Waals surface area contributed by atoms with Crippen LogP contribution < -0.4 is 9.64 Å². The smallest absolute Gasteiger partial charge is 0.387 e. The highest BCUT2D eigenvalue weighted by molar-refractivity contribution is 5.87. The van der Waals surface area contributed by atoms with Crippen LogP contribution in [-0.2, 0) is 11.3 Å². The molecule has 11 heteroatoms. The number of fused-ring (bicyclic) bond motifs is 1. The number of anilines is 1. The van der Waals surface area contributed by atoms with Gasteiger partial charge in [0.15, 0.2) is 11.6 Å². The normalized spacial score (nSPS) is 22.8. The van der Waals surface area contributed by atoms with Crippen molar-refractivity contribution in [3.05, 3.63) is 59.2 Å². The Bertz CT molecular complexity index is 1360. The van der Waals surface area contributed by atoms with Gasteiger partial charge in [0.25, 0.3) is 0 Å². The van der Waals surface area contributed by atoms with E-state index < -0.39 is 18.4 Å². The van der Waals surface area contributed by atoms with E-state index >= 15 is 0 Å². The lowest BCUT2D eigenvalue weighted by Crippen LogP contribution is -2.28. The third-order valence-electron chi connectivity index (χ3n) is 7.96. The zero-order chi connectivity index (χ0) is 27.1. The molecular weight excluding hydrogens is 515 g/mol. The molecule has 2 saturated carbocycles. The quantitative estimate of drug-likeness (QED) is 0.358. The Balaban J connectivity index is 1.15. The molecule has 0 amide bonds. The summed E-state index contributed by atoms with van der Waals surface area (Å²) in [6.07, 6.45) is 5.68. The predicted octanol–water partition coefficient (Wildman–Crippen LogP) is 5.87. The first-order valence-corrected chi connectivity index (χ1v) is 13.2. The summed E-state index contributed by atoms with van der Waals surface area (Å²) in [5.41, 5.74) is 1.48. The summed E-state index contributed by atoms with van der Waals surface area (Å²) in [6, 6.07) is 7.55. The van der Waals surface area contributed by atoms with Gasteiger partial charge in [-0.3, -0.25) is 0 Å². The van der Waals surface area contributed by atoms with E-state index in [4.69, 9.17) is 19.1 Å². The number of alkyl halides is 2. The molecule has 1 saturated heterocycles. The van der Waals surface area contributed by atoms with Crippen LogP contribution in [0.1, 0.15) is 59.7 Å². The Morgan fingerprint density at radius 3 is 2.69 bits per heavy atom. The topological polar surface area (TPSA) is 97.9 Å². The molecule has 3 atom stereocenters. The number of aromatic carboxylic acids is 1. The molecule has 2 aliphatic carbocycles. The van der Waals surface area contributed by atoms with Gasteiger partial charge in [-0.2, -0.15) is 8.78 Å². The van der Waals surface area contributed by atoms with E-state index in [1.165, 1.54) is 12.3 Å². The van der Waals surface area contributed by atoms with E-state index in [0.29, 0.717) is 30.3 Å². The van der Waals surface area contributed by atoms with Crippen molar-refractivity contribution in [3.8, 4) is 17.0 Å². The summed E-state index contributed by atoms with van der Waals surface area (Å²) in [5, 5.41) is 13.3. The third kappa shape index (κ3) is 5.32. The summed E-state index contributed by atoms with van der Waals surface area (Å²) in [4.78, 5) is 17.1. The fourth-order valence-electron chi connectivity index (χ4n) is 5.89. The summed E-state index contributed by atoms with van der Waals surface area (Å²) in [6.45, 7) is -1.44. The average molecular weight is 544 g/mol. The number of ether oxygens (including phenoxy) is 2. The van der Waals surface area contributed by atoms with Crippen LogP contribution in [0, 0.1) is 17.7 Å². The van der Waals surface area contributed by atoms with Gasteiger partial charge >= 0.3 is 12.6 Å². The first kappa shape index (κ1) is 25.7. The summed E-state index contributed by atoms with van der Waals surface area (Å²) in [5.74, 6) is 0.0173. The molecule has 8 nitrogen and oxygen atoms in total. The van der Waals surface area contributed by atoms with Crippen LogP contribution in [0.25, 0.3) is 11.3 Å². The van der Waals surface area contributed by atoms with E-state index in [1.807, 2.05) is 4.90 Å². The lowest BCUT2D eigenvalue weighted by Gasteiger charge is -2.30. The first-order valence-electron chi connectivity index (χ1n) is 13.2. The maximum Gasteiger partial charge on any atom is 0.387 e. The van der Waals surface area contributed by atoms with Crippen molar-refractivity contribution in [2.45, 2.75) is 57.3 Å². The van der Waals surface area contributed by atoms with Crippen LogP contribution in [0.5, 0.6) is 5.75 Å². The fraction of sp³-hybridized carbons (Fsp3) is 0.464. The van der Waals surface area contributed by atoms with E-state index in [9.17, 15) is 18.0 Å². The molecule has 3 fully saturated rings. The summed E-state index contributed by atoms with van der Waals surface area (Å²) >= 11 is 0. The molecule has 1 aromatic carbocycles. The molecule has 0 bridgehead atoms. The molecule has 3 heterocycles. The van der Waals surface area contributed by atoms with E-state index in [0.717, 1.165) is 49.5 Å². The standard InChI is InChI=1S/C28H28F3N3O5/c29-22-10-17(27(35)36)11-32-26(22)34-12-16-7-8-19(9-18(16)13-34)37-14-21-24(33-39-25(21)15-5-6-15)20-3-1-2-4-23(20)38-28(30)31/h1-4,10-11,15-16,18-19,28H,5-9,12-14H2,(H,35,36). The van der Waals surface area contributed by atoms with Gasteiger partial charge in [-0.1, -0.05) is 17.3 Å². The molecule has 3 aromatic rings. The molecular formula is C28H28F3N3O5.